The van der Waals surface area contributed by atoms with Crippen molar-refractivity contribution in [2.24, 2.45) is 23.2 Å². The molecule has 2 aliphatic carbocycles. The van der Waals surface area contributed by atoms with Crippen LogP contribution in [0.2, 0.25) is 0 Å². The van der Waals surface area contributed by atoms with E-state index < -0.39 is 0 Å². The fraction of sp³-hybridized carbons (Fsp3) is 1.00. The van der Waals surface area contributed by atoms with Crippen LogP contribution in [0.5, 0.6) is 0 Å². The monoisotopic (exact) mass is 154 g/mol. The van der Waals surface area contributed by atoms with Gasteiger partial charge in [-0.1, -0.05) is 20.8 Å². The highest BCUT2D eigenvalue weighted by atomic mass is 16.3. The second-order valence-electron chi connectivity index (χ2n) is 4.83. The number of aliphatic hydroxyl groups is 1. The number of rotatable bonds is 1. The zero-order valence-corrected chi connectivity index (χ0v) is 7.67. The second-order valence-corrected chi connectivity index (χ2v) is 4.83. The number of aliphatic hydroxyl groups excluding tert-OH is 1. The molecule has 0 heterocycles. The van der Waals surface area contributed by atoms with Crippen molar-refractivity contribution in [1.29, 1.82) is 0 Å². The standard InChI is InChI=1S/C10H18O/c1-6(2)10-4-8(10)7(3)9(11)5-10/h6-9,11H,4-5H2,1-3H3/t7-,8+,9-,10-/m0/s1. The summed E-state index contributed by atoms with van der Waals surface area (Å²) in [6.07, 6.45) is 2.44. The second kappa shape index (κ2) is 2.01. The molecule has 2 saturated carbocycles. The third-order valence-electron chi connectivity index (χ3n) is 4.16. The Kier molecular flexibility index (Phi) is 1.39. The molecule has 0 aromatic carbocycles. The van der Waals surface area contributed by atoms with Crippen molar-refractivity contribution in [1.82, 2.24) is 0 Å². The summed E-state index contributed by atoms with van der Waals surface area (Å²) < 4.78 is 0. The highest BCUT2D eigenvalue weighted by molar-refractivity contribution is 5.13. The van der Waals surface area contributed by atoms with E-state index >= 15 is 0 Å². The molecule has 1 heteroatoms. The van der Waals surface area contributed by atoms with E-state index in [1.165, 1.54) is 6.42 Å². The minimum Gasteiger partial charge on any atom is -0.393 e. The zero-order valence-electron chi connectivity index (χ0n) is 7.67. The molecule has 0 aromatic heterocycles. The molecule has 0 aliphatic heterocycles. The lowest BCUT2D eigenvalue weighted by atomic mass is 9.89. The summed E-state index contributed by atoms with van der Waals surface area (Å²) in [5, 5.41) is 9.61. The summed E-state index contributed by atoms with van der Waals surface area (Å²) >= 11 is 0. The molecule has 2 fully saturated rings. The van der Waals surface area contributed by atoms with E-state index in [0.29, 0.717) is 11.3 Å². The molecule has 0 spiro atoms. The van der Waals surface area contributed by atoms with E-state index in [-0.39, 0.29) is 6.10 Å². The number of hydrogen-bond donors (Lipinski definition) is 1. The first-order chi connectivity index (χ1) is 5.08. The van der Waals surface area contributed by atoms with Gasteiger partial charge in [0.05, 0.1) is 6.10 Å². The van der Waals surface area contributed by atoms with Crippen LogP contribution in [0.1, 0.15) is 33.6 Å². The van der Waals surface area contributed by atoms with E-state index in [1.807, 2.05) is 0 Å². The van der Waals surface area contributed by atoms with Crippen molar-refractivity contribution < 1.29 is 5.11 Å². The summed E-state index contributed by atoms with van der Waals surface area (Å²) in [7, 11) is 0. The molecule has 1 nitrogen and oxygen atoms in total. The first kappa shape index (κ1) is 7.60. The molecular weight excluding hydrogens is 136 g/mol. The van der Waals surface area contributed by atoms with E-state index in [1.54, 1.807) is 0 Å². The Morgan fingerprint density at radius 1 is 1.36 bits per heavy atom. The van der Waals surface area contributed by atoms with Gasteiger partial charge < -0.3 is 5.11 Å². The van der Waals surface area contributed by atoms with E-state index in [9.17, 15) is 5.11 Å². The first-order valence-corrected chi connectivity index (χ1v) is 4.76. The SMILES string of the molecule is CC(C)[C@@]12C[C@@H]1[C@H](C)[C@@H](O)C2. The molecule has 1 N–H and O–H groups in total. The van der Waals surface area contributed by atoms with Gasteiger partial charge in [-0.05, 0) is 36.0 Å². The summed E-state index contributed by atoms with van der Waals surface area (Å²) in [5.74, 6) is 2.18. The third-order valence-corrected chi connectivity index (χ3v) is 4.16. The first-order valence-electron chi connectivity index (χ1n) is 4.76. The summed E-state index contributed by atoms with van der Waals surface area (Å²) in [5.41, 5.74) is 0.554. The average Bonchev–Trinajstić information content (AvgIpc) is 2.57. The Morgan fingerprint density at radius 3 is 2.27 bits per heavy atom. The molecule has 0 unspecified atom stereocenters. The van der Waals surface area contributed by atoms with E-state index in [0.717, 1.165) is 18.3 Å². The van der Waals surface area contributed by atoms with E-state index in [2.05, 4.69) is 20.8 Å². The minimum absolute atomic E-state index is 0.00356. The average molecular weight is 154 g/mol. The van der Waals surface area contributed by atoms with E-state index in [4.69, 9.17) is 0 Å². The van der Waals surface area contributed by atoms with Crippen molar-refractivity contribution in [2.75, 3.05) is 0 Å². The van der Waals surface area contributed by atoms with Gasteiger partial charge in [0.1, 0.15) is 0 Å². The van der Waals surface area contributed by atoms with Gasteiger partial charge in [-0.15, -0.1) is 0 Å². The Morgan fingerprint density at radius 2 is 2.00 bits per heavy atom. The molecule has 0 saturated heterocycles. The molecule has 0 radical (unpaired) electrons. The number of hydrogen-bond acceptors (Lipinski definition) is 1. The van der Waals surface area contributed by atoms with Crippen LogP contribution in [0.15, 0.2) is 0 Å². The van der Waals surface area contributed by atoms with Crippen LogP contribution in [-0.4, -0.2) is 11.2 Å². The minimum atomic E-state index is -0.00356. The summed E-state index contributed by atoms with van der Waals surface area (Å²) in [6.45, 7) is 6.79. The van der Waals surface area contributed by atoms with Crippen LogP contribution in [0.3, 0.4) is 0 Å². The third kappa shape index (κ3) is 0.807. The van der Waals surface area contributed by atoms with Crippen LogP contribution in [-0.2, 0) is 0 Å². The normalized spacial score (nSPS) is 54.8. The van der Waals surface area contributed by atoms with Gasteiger partial charge in [-0.2, -0.15) is 0 Å². The molecule has 2 rings (SSSR count). The molecule has 64 valence electrons. The van der Waals surface area contributed by atoms with Gasteiger partial charge in [0.15, 0.2) is 0 Å². The van der Waals surface area contributed by atoms with Gasteiger partial charge in [0.2, 0.25) is 0 Å². The van der Waals surface area contributed by atoms with Gasteiger partial charge in [-0.3, -0.25) is 0 Å². The zero-order chi connectivity index (χ0) is 8.22. The maximum Gasteiger partial charge on any atom is 0.0574 e. The highest BCUT2D eigenvalue weighted by Crippen LogP contribution is 2.69. The molecule has 2 aliphatic rings. The smallest absolute Gasteiger partial charge is 0.0574 e. The molecule has 4 atom stereocenters. The Labute approximate surface area is 68.8 Å². The Hall–Kier alpha value is -0.0400. The summed E-state index contributed by atoms with van der Waals surface area (Å²) in [4.78, 5) is 0. The van der Waals surface area contributed by atoms with Crippen molar-refractivity contribution in [3.8, 4) is 0 Å². The predicted molar refractivity (Wildman–Crippen MR) is 45.2 cm³/mol. The lowest BCUT2D eigenvalue weighted by molar-refractivity contribution is 0.113. The van der Waals surface area contributed by atoms with Crippen molar-refractivity contribution in [3.05, 3.63) is 0 Å². The largest absolute Gasteiger partial charge is 0.393 e. The fourth-order valence-corrected chi connectivity index (χ4v) is 3.04. The van der Waals surface area contributed by atoms with Gasteiger partial charge in [-0.25, -0.2) is 0 Å². The van der Waals surface area contributed by atoms with Crippen molar-refractivity contribution >= 4 is 0 Å². The number of fused-ring (bicyclic) bond motifs is 1. The molecular formula is C10H18O. The highest BCUT2D eigenvalue weighted by Gasteiger charge is 2.64. The lowest BCUT2D eigenvalue weighted by Crippen LogP contribution is -2.15. The Bertz CT molecular complexity index is 176. The van der Waals surface area contributed by atoms with Crippen LogP contribution in [0.25, 0.3) is 0 Å². The quantitative estimate of drug-likeness (QED) is 0.613. The van der Waals surface area contributed by atoms with Crippen LogP contribution < -0.4 is 0 Å². The Balaban J connectivity index is 2.13. The molecule has 0 aromatic rings. The van der Waals surface area contributed by atoms with Crippen molar-refractivity contribution in [3.63, 3.8) is 0 Å². The topological polar surface area (TPSA) is 20.2 Å². The van der Waals surface area contributed by atoms with Gasteiger partial charge in [0.25, 0.3) is 0 Å². The van der Waals surface area contributed by atoms with Gasteiger partial charge in [0, 0.05) is 0 Å². The molecule has 11 heavy (non-hydrogen) atoms. The summed E-state index contributed by atoms with van der Waals surface area (Å²) in [6, 6.07) is 0. The fourth-order valence-electron chi connectivity index (χ4n) is 3.04. The molecule has 0 amide bonds. The van der Waals surface area contributed by atoms with Crippen molar-refractivity contribution in [2.45, 2.75) is 39.7 Å². The van der Waals surface area contributed by atoms with Crippen LogP contribution in [0.4, 0.5) is 0 Å². The maximum absolute atomic E-state index is 9.61. The van der Waals surface area contributed by atoms with Gasteiger partial charge >= 0.3 is 0 Å². The predicted octanol–water partition coefficient (Wildman–Crippen LogP) is 2.05. The maximum atomic E-state index is 9.61. The molecule has 0 bridgehead atoms. The van der Waals surface area contributed by atoms with Crippen LogP contribution >= 0.6 is 0 Å². The lowest BCUT2D eigenvalue weighted by Gasteiger charge is -2.17. The van der Waals surface area contributed by atoms with Crippen LogP contribution in [0, 0.1) is 23.2 Å².